The molecule has 0 aliphatic carbocycles. The zero-order valence-electron chi connectivity index (χ0n) is 53.2. The maximum atomic E-state index is 12.2. The first-order chi connectivity index (χ1) is 43.4. The second-order valence-electron chi connectivity index (χ2n) is 21.5. The lowest BCUT2D eigenvalue weighted by atomic mass is 10.0. The van der Waals surface area contributed by atoms with Gasteiger partial charge in [0.2, 0.25) is 0 Å². The number of unbranched alkanes of at least 4 members (excludes halogenated alkanes) is 23. The van der Waals surface area contributed by atoms with Gasteiger partial charge in [0.1, 0.15) is 49.0 Å². The minimum atomic E-state index is -5.19. The molecule has 0 saturated carbocycles. The summed E-state index contributed by atoms with van der Waals surface area (Å²) in [5.41, 5.74) is 8.53. The first kappa shape index (κ1) is 100. The Hall–Kier alpha value is -4.76. The van der Waals surface area contributed by atoms with Crippen molar-refractivity contribution in [3.8, 4) is 0 Å². The Morgan fingerprint density at radius 2 is 0.670 bits per heavy atom. The molecule has 0 aliphatic heterocycles. The van der Waals surface area contributed by atoms with Gasteiger partial charge in [-0.05, 0) is 45.1 Å². The number of carboxylic acid groups (broad SMARTS) is 5. The predicted octanol–water partition coefficient (Wildman–Crippen LogP) is -0.344. The van der Waals surface area contributed by atoms with Gasteiger partial charge in [-0.2, -0.15) is 79.0 Å². The van der Waals surface area contributed by atoms with E-state index in [4.69, 9.17) is 49.5 Å². The predicted molar refractivity (Wildman–Crippen MR) is 290 cm³/mol. The number of alkyl halides is 18. The van der Waals surface area contributed by atoms with Crippen LogP contribution in [0.2, 0.25) is 0 Å². The average molecular weight is 1420 g/mol. The maximum absolute atomic E-state index is 12.2. The summed E-state index contributed by atoms with van der Waals surface area (Å²) in [5, 5.41) is 68.6. The van der Waals surface area contributed by atoms with E-state index in [-0.39, 0.29) is 19.8 Å². The molecule has 0 fully saturated rings. The molecule has 0 aromatic carbocycles. The lowest BCUT2D eigenvalue weighted by Gasteiger charge is -2.25. The number of hydrogen-bond donors (Lipinski definition) is 8. The highest BCUT2D eigenvalue weighted by Crippen LogP contribution is 2.19. The van der Waals surface area contributed by atoms with E-state index in [0.29, 0.717) is 18.5 Å². The van der Waals surface area contributed by atoms with Gasteiger partial charge >= 0.3 is 43.0 Å². The summed E-state index contributed by atoms with van der Waals surface area (Å²) in [6.07, 6.45) is 3.09. The van der Waals surface area contributed by atoms with Gasteiger partial charge in [-0.3, -0.25) is 0 Å². The normalized spacial score (nSPS) is 13.1. The number of hydrogen-bond acceptors (Lipinski definition) is 15. The van der Waals surface area contributed by atoms with Gasteiger partial charge in [0.25, 0.3) is 0 Å². The molecule has 0 radical (unpaired) electrons. The smallest absolute Gasteiger partial charge is 0.490 e. The molecule has 0 spiro atoms. The van der Waals surface area contributed by atoms with Crippen LogP contribution in [-0.2, 0) is 33.5 Å². The summed E-state index contributed by atoms with van der Waals surface area (Å²) in [6, 6.07) is 0.901. The van der Waals surface area contributed by atoms with Crippen LogP contribution in [0.3, 0.4) is 0 Å². The molecule has 0 heterocycles. The van der Waals surface area contributed by atoms with Gasteiger partial charge in [0, 0.05) is 32.5 Å². The average Bonchev–Trinajstić information content (AvgIpc) is 1.91. The molecule has 0 aromatic heterocycles. The molecule has 564 valence electrons. The summed E-state index contributed by atoms with van der Waals surface area (Å²) in [7, 11) is 0. The van der Waals surface area contributed by atoms with E-state index in [9.17, 15) is 94.0 Å². The van der Waals surface area contributed by atoms with E-state index in [2.05, 4.69) is 33.8 Å². The lowest BCUT2D eigenvalue weighted by Crippen LogP contribution is -3.17. The molecule has 0 rings (SSSR count). The van der Waals surface area contributed by atoms with Crippen LogP contribution in [0.1, 0.15) is 187 Å². The van der Waals surface area contributed by atoms with E-state index >= 15 is 0 Å². The van der Waals surface area contributed by atoms with Crippen LogP contribution in [0.15, 0.2) is 0 Å². The Balaban J connectivity index is -0.000000440. The largest absolute Gasteiger partial charge is 0.542 e. The fourth-order valence-electron chi connectivity index (χ4n) is 8.24. The quantitative estimate of drug-likeness (QED) is 0.0220. The number of aliphatic hydroxyl groups is 2. The maximum Gasteiger partial charge on any atom is 0.490 e. The molecule has 20 nitrogen and oxygen atoms in total. The molecule has 0 aromatic rings. The number of rotatable bonds is 47. The molecule has 94 heavy (non-hydrogen) atoms. The fraction of sp³-hybridized carbons (Fsp3) is 0.893. The highest BCUT2D eigenvalue weighted by Gasteiger charge is 2.41. The third kappa shape index (κ3) is 76.3. The van der Waals surface area contributed by atoms with Crippen molar-refractivity contribution in [2.75, 3.05) is 85.3 Å². The summed E-state index contributed by atoms with van der Waals surface area (Å²) in [4.78, 5) is 58.1. The SMILES string of the molecule is CCCCCCCCCCCCCC[NH+](CCCC[NH+](CCCCCCCCCCCCCCOC(=O)C(F)(F)F)CC(C[NH3+])NCCCO)CC(C[NH3+])[NH2+]CCCO.O=C([O-])C(F)(F)F.O=C([O-])C(F)(F)F.O=C([O-])C(F)(F)F.O=C([O-])C(F)(F)F.O=C([O-])C(F)(F)F. The van der Waals surface area contributed by atoms with E-state index in [0.717, 1.165) is 71.2 Å². The topological polar surface area (TPSA) is 360 Å². The summed E-state index contributed by atoms with van der Waals surface area (Å²) < 4.78 is 199. The molecule has 4 unspecified atom stereocenters. The second-order valence-corrected chi connectivity index (χ2v) is 21.5. The zero-order valence-corrected chi connectivity index (χ0v) is 53.2. The van der Waals surface area contributed by atoms with Crippen molar-refractivity contribution in [2.24, 2.45) is 0 Å². The van der Waals surface area contributed by atoms with Gasteiger partial charge in [0.15, 0.2) is 6.04 Å². The van der Waals surface area contributed by atoms with Crippen molar-refractivity contribution < 1.29 is 175 Å². The first-order valence-electron chi connectivity index (χ1n) is 31.1. The number of aliphatic hydroxyl groups excluding tert-OH is 2. The van der Waals surface area contributed by atoms with E-state index < -0.39 is 72.9 Å². The van der Waals surface area contributed by atoms with E-state index in [1.54, 1.807) is 9.80 Å². The molecule has 0 aliphatic rings. The molecule has 0 amide bonds. The highest BCUT2D eigenvalue weighted by atomic mass is 19.4. The van der Waals surface area contributed by atoms with Crippen LogP contribution in [0.5, 0.6) is 0 Å². The van der Waals surface area contributed by atoms with Crippen LogP contribution < -0.4 is 57.4 Å². The summed E-state index contributed by atoms with van der Waals surface area (Å²) >= 11 is 0. The summed E-state index contributed by atoms with van der Waals surface area (Å²) in [6.45, 7) is 13.4. The van der Waals surface area contributed by atoms with E-state index in [1.165, 1.54) is 168 Å². The number of halogens is 18. The number of nitrogens with two attached hydrogens (primary N) is 1. The second kappa shape index (κ2) is 60.6. The van der Waals surface area contributed by atoms with Crippen LogP contribution in [0.25, 0.3) is 0 Å². The Kier molecular flexibility index (Phi) is 64.7. The van der Waals surface area contributed by atoms with Crippen molar-refractivity contribution in [3.05, 3.63) is 0 Å². The molecule has 0 saturated heterocycles. The molecule has 0 bridgehead atoms. The Bertz CT molecular complexity index is 1720. The number of quaternary nitrogens is 5. The number of ether oxygens (including phenoxy) is 1. The number of aliphatic carboxylic acids is 5. The third-order valence-electron chi connectivity index (χ3n) is 13.2. The van der Waals surface area contributed by atoms with Gasteiger partial charge in [-0.1, -0.05) is 129 Å². The van der Waals surface area contributed by atoms with Crippen LogP contribution in [0.4, 0.5) is 79.0 Å². The van der Waals surface area contributed by atoms with Gasteiger partial charge in [-0.25, -0.2) is 4.79 Å². The Morgan fingerprint density at radius 1 is 0.404 bits per heavy atom. The number of esters is 1. The first-order valence-corrected chi connectivity index (χ1v) is 31.1. The lowest BCUT2D eigenvalue weighted by molar-refractivity contribution is -0.923. The Morgan fingerprint density at radius 3 is 0.926 bits per heavy atom. The van der Waals surface area contributed by atoms with Gasteiger partial charge < -0.3 is 96.4 Å². The molecular weight excluding hydrogens is 1320 g/mol. The summed E-state index contributed by atoms with van der Waals surface area (Å²) in [5.74, 6) is -17.1. The Labute approximate surface area is 536 Å². The highest BCUT2D eigenvalue weighted by molar-refractivity contribution is 5.75. The van der Waals surface area contributed by atoms with Crippen molar-refractivity contribution in [3.63, 3.8) is 0 Å². The molecule has 38 heteroatoms. The van der Waals surface area contributed by atoms with Gasteiger partial charge in [-0.15, -0.1) is 0 Å². The molecular formula is C56H100F18N6O14. The van der Waals surface area contributed by atoms with Crippen molar-refractivity contribution in [2.45, 2.75) is 236 Å². The van der Waals surface area contributed by atoms with Crippen molar-refractivity contribution in [1.82, 2.24) is 5.32 Å². The number of carbonyl (C=O) groups is 6. The third-order valence-corrected chi connectivity index (χ3v) is 13.2. The minimum Gasteiger partial charge on any atom is -0.542 e. The monoisotopic (exact) mass is 1420 g/mol. The van der Waals surface area contributed by atoms with Crippen LogP contribution >= 0.6 is 0 Å². The fourth-order valence-corrected chi connectivity index (χ4v) is 8.24. The number of carbonyl (C=O) groups excluding carboxylic acids is 6. The van der Waals surface area contributed by atoms with Crippen molar-refractivity contribution >= 4 is 35.8 Å². The number of carboxylic acids is 5. The van der Waals surface area contributed by atoms with Crippen molar-refractivity contribution in [1.29, 1.82) is 0 Å². The van der Waals surface area contributed by atoms with Gasteiger partial charge in [0.05, 0.1) is 52.4 Å². The molecule has 13 N–H and O–H groups in total. The zero-order chi connectivity index (χ0) is 73.9. The van der Waals surface area contributed by atoms with Crippen LogP contribution in [-0.4, -0.2) is 180 Å². The standard InChI is InChI=1S/C46H95F3N6O4.5C2HF3O2/c1-2-3-4-5-6-7-8-11-14-17-20-23-32-54(41-43(39-50)52-30-28-36-56)34-25-26-35-55(42-44(40-51)53-31-29-37-57)33-24-21-18-15-12-9-10-13-16-19-22-27-38-59-45(58)46(47,48)49;5*3-2(4,5)1(6)7/h43-44,52-53,56-57H,2-42,50-51H2,1H3;5*(H,6,7). The van der Waals surface area contributed by atoms with E-state index in [1.807, 2.05) is 0 Å². The van der Waals surface area contributed by atoms with Crippen LogP contribution in [0, 0.1) is 0 Å². The molecule has 4 atom stereocenters. The minimum absolute atomic E-state index is 0.154. The number of nitrogens with one attached hydrogen (secondary N) is 3.